The standard InChI is InChI=1S/C20H17N3O2S3/c1-12(17(24)21-10-14-8-5-9-26-14)28-20-22-18(25)16-15(11-27-19(16)23-20)13-6-3-2-4-7-13/h2-9,11-12H,10H2,1H3,(H,21,24)(H,22,23,25). The van der Waals surface area contributed by atoms with Gasteiger partial charge in [-0.25, -0.2) is 4.98 Å². The number of aromatic nitrogens is 2. The van der Waals surface area contributed by atoms with Gasteiger partial charge in [-0.05, 0) is 23.9 Å². The molecule has 0 bridgehead atoms. The number of carbonyl (C=O) groups excluding carboxylic acids is 1. The van der Waals surface area contributed by atoms with Gasteiger partial charge in [0.1, 0.15) is 4.83 Å². The summed E-state index contributed by atoms with van der Waals surface area (Å²) in [6.07, 6.45) is 0. The zero-order valence-corrected chi connectivity index (χ0v) is 17.4. The Kier molecular flexibility index (Phi) is 5.61. The topological polar surface area (TPSA) is 74.8 Å². The zero-order valence-electron chi connectivity index (χ0n) is 15.0. The van der Waals surface area contributed by atoms with Crippen molar-refractivity contribution in [3.05, 3.63) is 68.5 Å². The molecule has 4 rings (SSSR count). The van der Waals surface area contributed by atoms with Crippen molar-refractivity contribution in [1.82, 2.24) is 15.3 Å². The predicted octanol–water partition coefficient (Wildman–Crippen LogP) is 4.51. The van der Waals surface area contributed by atoms with Crippen molar-refractivity contribution < 1.29 is 4.79 Å². The van der Waals surface area contributed by atoms with Crippen molar-refractivity contribution in [3.63, 3.8) is 0 Å². The van der Waals surface area contributed by atoms with Crippen LogP contribution in [0.15, 0.2) is 63.2 Å². The van der Waals surface area contributed by atoms with Crippen LogP contribution in [0.1, 0.15) is 11.8 Å². The van der Waals surface area contributed by atoms with E-state index in [9.17, 15) is 9.59 Å². The molecule has 0 aliphatic heterocycles. The number of benzene rings is 1. The van der Waals surface area contributed by atoms with E-state index in [0.717, 1.165) is 16.0 Å². The number of amides is 1. The van der Waals surface area contributed by atoms with Gasteiger partial charge in [0, 0.05) is 15.8 Å². The summed E-state index contributed by atoms with van der Waals surface area (Å²) in [5.74, 6) is -0.0858. The number of nitrogens with one attached hydrogen (secondary N) is 2. The van der Waals surface area contributed by atoms with Crippen molar-refractivity contribution in [1.29, 1.82) is 0 Å². The summed E-state index contributed by atoms with van der Waals surface area (Å²) in [6, 6.07) is 13.7. The molecule has 1 amide bonds. The lowest BCUT2D eigenvalue weighted by Gasteiger charge is -2.10. The normalized spacial score (nSPS) is 12.2. The lowest BCUT2D eigenvalue weighted by atomic mass is 10.1. The van der Waals surface area contributed by atoms with Crippen LogP contribution < -0.4 is 10.9 Å². The maximum atomic E-state index is 12.7. The summed E-state index contributed by atoms with van der Waals surface area (Å²) in [5.41, 5.74) is 1.69. The molecule has 0 aliphatic rings. The molecule has 28 heavy (non-hydrogen) atoms. The molecule has 3 aromatic heterocycles. The average molecular weight is 428 g/mol. The van der Waals surface area contributed by atoms with Gasteiger partial charge < -0.3 is 10.3 Å². The van der Waals surface area contributed by atoms with Gasteiger partial charge in [-0.2, -0.15) is 0 Å². The van der Waals surface area contributed by atoms with Crippen LogP contribution in [0.5, 0.6) is 0 Å². The van der Waals surface area contributed by atoms with Gasteiger partial charge in [0.05, 0.1) is 17.2 Å². The lowest BCUT2D eigenvalue weighted by Crippen LogP contribution is -2.30. The quantitative estimate of drug-likeness (QED) is 0.351. The molecule has 1 unspecified atom stereocenters. The van der Waals surface area contributed by atoms with Crippen molar-refractivity contribution in [2.45, 2.75) is 23.9 Å². The molecule has 0 saturated heterocycles. The van der Waals surface area contributed by atoms with Crippen LogP contribution >= 0.6 is 34.4 Å². The second-order valence-electron chi connectivity index (χ2n) is 6.12. The van der Waals surface area contributed by atoms with Gasteiger partial charge in [0.2, 0.25) is 5.91 Å². The first-order valence-electron chi connectivity index (χ1n) is 8.65. The molecule has 1 aromatic carbocycles. The fraction of sp³-hybridized carbons (Fsp3) is 0.150. The Bertz CT molecular complexity index is 1150. The van der Waals surface area contributed by atoms with Crippen LogP contribution in [0.2, 0.25) is 0 Å². The Hall–Kier alpha value is -2.42. The monoisotopic (exact) mass is 427 g/mol. The first-order valence-corrected chi connectivity index (χ1v) is 11.3. The number of thioether (sulfide) groups is 1. The third-order valence-electron chi connectivity index (χ3n) is 4.18. The molecule has 5 nitrogen and oxygen atoms in total. The highest BCUT2D eigenvalue weighted by Crippen LogP contribution is 2.31. The average Bonchev–Trinajstić information content (AvgIpc) is 3.36. The van der Waals surface area contributed by atoms with Crippen molar-refractivity contribution in [2.24, 2.45) is 0 Å². The highest BCUT2D eigenvalue weighted by molar-refractivity contribution is 8.00. The smallest absolute Gasteiger partial charge is 0.260 e. The van der Waals surface area contributed by atoms with Crippen LogP contribution in [-0.2, 0) is 11.3 Å². The maximum absolute atomic E-state index is 12.7. The molecule has 0 fully saturated rings. The summed E-state index contributed by atoms with van der Waals surface area (Å²) in [7, 11) is 0. The van der Waals surface area contributed by atoms with E-state index in [1.807, 2.05) is 60.1 Å². The number of nitrogens with zero attached hydrogens (tertiary/aromatic N) is 1. The molecule has 0 saturated carbocycles. The summed E-state index contributed by atoms with van der Waals surface area (Å²) in [6.45, 7) is 2.32. The number of H-pyrrole nitrogens is 1. The van der Waals surface area contributed by atoms with Gasteiger partial charge in [-0.3, -0.25) is 9.59 Å². The minimum absolute atomic E-state index is 0.0858. The number of thiophene rings is 2. The van der Waals surface area contributed by atoms with Gasteiger partial charge in [0.25, 0.3) is 5.56 Å². The molecular weight excluding hydrogens is 410 g/mol. The van der Waals surface area contributed by atoms with E-state index in [0.29, 0.717) is 21.9 Å². The number of hydrogen-bond acceptors (Lipinski definition) is 6. The largest absolute Gasteiger partial charge is 0.350 e. The number of carbonyl (C=O) groups is 1. The van der Waals surface area contributed by atoms with E-state index in [1.165, 1.54) is 23.1 Å². The summed E-state index contributed by atoms with van der Waals surface area (Å²) in [5, 5.41) is 7.53. The number of hydrogen-bond donors (Lipinski definition) is 2. The molecule has 4 aromatic rings. The minimum atomic E-state index is -0.367. The molecule has 1 atom stereocenters. The second-order valence-corrected chi connectivity index (χ2v) is 9.34. The zero-order chi connectivity index (χ0) is 19.5. The molecule has 142 valence electrons. The lowest BCUT2D eigenvalue weighted by molar-refractivity contribution is -0.120. The Morgan fingerprint density at radius 3 is 2.79 bits per heavy atom. The van der Waals surface area contributed by atoms with E-state index in [2.05, 4.69) is 15.3 Å². The fourth-order valence-corrected chi connectivity index (χ4v) is 5.24. The third kappa shape index (κ3) is 4.04. The van der Waals surface area contributed by atoms with E-state index in [4.69, 9.17) is 0 Å². The van der Waals surface area contributed by atoms with E-state index >= 15 is 0 Å². The molecule has 8 heteroatoms. The fourth-order valence-electron chi connectivity index (χ4n) is 2.77. The SMILES string of the molecule is CC(Sc1nc2scc(-c3ccccc3)c2c(=O)[nH]1)C(=O)NCc1cccs1. The highest BCUT2D eigenvalue weighted by Gasteiger charge is 2.18. The summed E-state index contributed by atoms with van der Waals surface area (Å²) < 4.78 is 0. The molecule has 0 radical (unpaired) electrons. The number of fused-ring (bicyclic) bond motifs is 1. The van der Waals surface area contributed by atoms with E-state index in [-0.39, 0.29) is 16.7 Å². The number of rotatable bonds is 6. The summed E-state index contributed by atoms with van der Waals surface area (Å²) in [4.78, 5) is 34.2. The van der Waals surface area contributed by atoms with E-state index in [1.54, 1.807) is 11.3 Å². The van der Waals surface area contributed by atoms with Crippen molar-refractivity contribution in [2.75, 3.05) is 0 Å². The Morgan fingerprint density at radius 1 is 1.21 bits per heavy atom. The molecule has 0 spiro atoms. The number of aromatic amines is 1. The van der Waals surface area contributed by atoms with E-state index < -0.39 is 0 Å². The first-order chi connectivity index (χ1) is 13.6. The summed E-state index contributed by atoms with van der Waals surface area (Å²) >= 11 is 4.30. The van der Waals surface area contributed by atoms with Gasteiger partial charge >= 0.3 is 0 Å². The van der Waals surface area contributed by atoms with Crippen LogP contribution in [0, 0.1) is 0 Å². The van der Waals surface area contributed by atoms with Crippen molar-refractivity contribution >= 4 is 50.6 Å². The van der Waals surface area contributed by atoms with Gasteiger partial charge in [0.15, 0.2) is 5.16 Å². The van der Waals surface area contributed by atoms with Gasteiger partial charge in [-0.1, -0.05) is 48.2 Å². The van der Waals surface area contributed by atoms with Crippen LogP contribution in [0.3, 0.4) is 0 Å². The maximum Gasteiger partial charge on any atom is 0.260 e. The molecule has 3 heterocycles. The Balaban J connectivity index is 1.52. The third-order valence-corrected chi connectivity index (χ3v) is 6.91. The molecular formula is C20H17N3O2S3. The molecule has 0 aliphatic carbocycles. The predicted molar refractivity (Wildman–Crippen MR) is 117 cm³/mol. The van der Waals surface area contributed by atoms with Gasteiger partial charge in [-0.15, -0.1) is 22.7 Å². The van der Waals surface area contributed by atoms with Crippen LogP contribution in [0.4, 0.5) is 0 Å². The van der Waals surface area contributed by atoms with Crippen LogP contribution in [-0.4, -0.2) is 21.1 Å². The van der Waals surface area contributed by atoms with Crippen LogP contribution in [0.25, 0.3) is 21.3 Å². The minimum Gasteiger partial charge on any atom is -0.350 e. The first kappa shape index (κ1) is 18.9. The molecule has 2 N–H and O–H groups in total. The Morgan fingerprint density at radius 2 is 2.04 bits per heavy atom. The highest BCUT2D eigenvalue weighted by atomic mass is 32.2. The second kappa shape index (κ2) is 8.30. The van der Waals surface area contributed by atoms with Crippen molar-refractivity contribution in [3.8, 4) is 11.1 Å². The Labute approximate surface area is 173 Å².